The number of hydrogen-bond donors (Lipinski definition) is 0. The summed E-state index contributed by atoms with van der Waals surface area (Å²) < 4.78 is 5.45. The highest BCUT2D eigenvalue weighted by Gasteiger charge is 2.07. The number of fused-ring (bicyclic) bond motifs is 1. The van der Waals surface area contributed by atoms with Crippen molar-refractivity contribution in [3.63, 3.8) is 0 Å². The Morgan fingerprint density at radius 2 is 1.78 bits per heavy atom. The van der Waals surface area contributed by atoms with E-state index in [0.29, 0.717) is 0 Å². The number of ether oxygens (including phenoxy) is 1. The van der Waals surface area contributed by atoms with Crippen molar-refractivity contribution in [1.82, 2.24) is 14.9 Å². The standard InChI is InChI=1S/C18H26N4O/c1-5-22(6-2)11-7-8-14(3)21-17-12-15-16(13-18(17)23-4)20-10-9-19-15/h9-10,12-13H,5-8,11H2,1-4H3. The molecule has 2 rings (SSSR count). The lowest BCUT2D eigenvalue weighted by Crippen LogP contribution is -2.24. The Bertz CT molecular complexity index is 665. The Labute approximate surface area is 138 Å². The van der Waals surface area contributed by atoms with Gasteiger partial charge in [0.2, 0.25) is 0 Å². The van der Waals surface area contributed by atoms with Gasteiger partial charge in [0.1, 0.15) is 11.4 Å². The molecule has 0 saturated carbocycles. The number of aliphatic imine (C=N–C) groups is 1. The molecule has 1 aromatic carbocycles. The average Bonchev–Trinajstić information content (AvgIpc) is 2.58. The molecule has 0 aliphatic heterocycles. The van der Waals surface area contributed by atoms with E-state index < -0.39 is 0 Å². The summed E-state index contributed by atoms with van der Waals surface area (Å²) in [5.41, 5.74) is 3.59. The van der Waals surface area contributed by atoms with E-state index in [4.69, 9.17) is 9.73 Å². The highest BCUT2D eigenvalue weighted by atomic mass is 16.5. The summed E-state index contributed by atoms with van der Waals surface area (Å²) in [6.07, 6.45) is 5.48. The van der Waals surface area contributed by atoms with E-state index >= 15 is 0 Å². The summed E-state index contributed by atoms with van der Waals surface area (Å²) in [7, 11) is 1.66. The van der Waals surface area contributed by atoms with E-state index in [9.17, 15) is 0 Å². The molecule has 1 heterocycles. The smallest absolute Gasteiger partial charge is 0.146 e. The molecule has 0 unspecified atom stereocenters. The quantitative estimate of drug-likeness (QED) is 0.694. The number of benzene rings is 1. The fourth-order valence-corrected chi connectivity index (χ4v) is 2.59. The lowest BCUT2D eigenvalue weighted by atomic mass is 10.2. The van der Waals surface area contributed by atoms with E-state index in [2.05, 4.69) is 35.6 Å². The molecule has 124 valence electrons. The van der Waals surface area contributed by atoms with E-state index in [1.807, 2.05) is 12.1 Å². The topological polar surface area (TPSA) is 50.6 Å². The van der Waals surface area contributed by atoms with Gasteiger partial charge in [0.05, 0.1) is 18.1 Å². The van der Waals surface area contributed by atoms with Crippen molar-refractivity contribution < 1.29 is 4.74 Å². The van der Waals surface area contributed by atoms with E-state index in [0.717, 1.165) is 60.7 Å². The first-order valence-electron chi connectivity index (χ1n) is 8.23. The van der Waals surface area contributed by atoms with Crippen LogP contribution in [0.3, 0.4) is 0 Å². The van der Waals surface area contributed by atoms with Crippen LogP contribution in [0.15, 0.2) is 29.5 Å². The molecule has 0 radical (unpaired) electrons. The number of aromatic nitrogens is 2. The maximum atomic E-state index is 5.45. The Kier molecular flexibility index (Phi) is 6.47. The van der Waals surface area contributed by atoms with Crippen LogP contribution in [0.5, 0.6) is 5.75 Å². The highest BCUT2D eigenvalue weighted by Crippen LogP contribution is 2.31. The summed E-state index contributed by atoms with van der Waals surface area (Å²) in [6, 6.07) is 3.83. The van der Waals surface area contributed by atoms with E-state index in [1.165, 1.54) is 0 Å². The number of hydrogen-bond acceptors (Lipinski definition) is 5. The molecular formula is C18H26N4O. The molecule has 0 N–H and O–H groups in total. The first-order chi connectivity index (χ1) is 11.2. The molecule has 0 amide bonds. The van der Waals surface area contributed by atoms with Crippen LogP contribution in [0.25, 0.3) is 11.0 Å². The summed E-state index contributed by atoms with van der Waals surface area (Å²) in [5.74, 6) is 0.737. The Morgan fingerprint density at radius 3 is 2.39 bits per heavy atom. The zero-order chi connectivity index (χ0) is 16.7. The molecule has 0 spiro atoms. The largest absolute Gasteiger partial charge is 0.494 e. The summed E-state index contributed by atoms with van der Waals surface area (Å²) in [4.78, 5) is 15.8. The van der Waals surface area contributed by atoms with Gasteiger partial charge in [-0.1, -0.05) is 13.8 Å². The fraction of sp³-hybridized carbons (Fsp3) is 0.500. The summed E-state index contributed by atoms with van der Waals surface area (Å²) >= 11 is 0. The lowest BCUT2D eigenvalue weighted by Gasteiger charge is -2.17. The Hall–Kier alpha value is -2.01. The average molecular weight is 314 g/mol. The third-order valence-electron chi connectivity index (χ3n) is 3.99. The second-order valence-electron chi connectivity index (χ2n) is 5.55. The van der Waals surface area contributed by atoms with Gasteiger partial charge in [0.25, 0.3) is 0 Å². The van der Waals surface area contributed by atoms with Gasteiger partial charge < -0.3 is 9.64 Å². The van der Waals surface area contributed by atoms with Crippen molar-refractivity contribution in [2.75, 3.05) is 26.7 Å². The Balaban J connectivity index is 2.12. The van der Waals surface area contributed by atoms with Crippen LogP contribution in [-0.4, -0.2) is 47.3 Å². The number of nitrogens with zero attached hydrogens (tertiary/aromatic N) is 4. The van der Waals surface area contributed by atoms with Gasteiger partial charge in [0, 0.05) is 24.2 Å². The third kappa shape index (κ3) is 4.73. The van der Waals surface area contributed by atoms with Gasteiger partial charge in [-0.25, -0.2) is 0 Å². The van der Waals surface area contributed by atoms with Crippen molar-refractivity contribution in [3.8, 4) is 5.75 Å². The number of rotatable bonds is 8. The molecule has 23 heavy (non-hydrogen) atoms. The lowest BCUT2D eigenvalue weighted by molar-refractivity contribution is 0.302. The predicted octanol–water partition coefficient (Wildman–Crippen LogP) is 3.85. The third-order valence-corrected chi connectivity index (χ3v) is 3.99. The monoisotopic (exact) mass is 314 g/mol. The molecule has 0 bridgehead atoms. The molecule has 0 atom stereocenters. The van der Waals surface area contributed by atoms with Gasteiger partial charge in [-0.05, 0) is 45.5 Å². The van der Waals surface area contributed by atoms with Gasteiger partial charge >= 0.3 is 0 Å². The van der Waals surface area contributed by atoms with Crippen molar-refractivity contribution in [3.05, 3.63) is 24.5 Å². The molecule has 1 aromatic heterocycles. The van der Waals surface area contributed by atoms with Crippen molar-refractivity contribution in [2.45, 2.75) is 33.6 Å². The number of methoxy groups -OCH3 is 1. The molecule has 5 nitrogen and oxygen atoms in total. The molecular weight excluding hydrogens is 288 g/mol. The first-order valence-corrected chi connectivity index (χ1v) is 8.23. The minimum atomic E-state index is 0.737. The molecule has 0 aliphatic rings. The van der Waals surface area contributed by atoms with Crippen molar-refractivity contribution >= 4 is 22.4 Å². The summed E-state index contributed by atoms with van der Waals surface area (Å²) in [5, 5.41) is 0. The molecule has 2 aromatic rings. The van der Waals surface area contributed by atoms with Crippen LogP contribution in [-0.2, 0) is 0 Å². The zero-order valence-electron chi connectivity index (χ0n) is 14.5. The zero-order valence-corrected chi connectivity index (χ0v) is 14.5. The van der Waals surface area contributed by atoms with Crippen molar-refractivity contribution in [1.29, 1.82) is 0 Å². The van der Waals surface area contributed by atoms with Crippen LogP contribution in [0.2, 0.25) is 0 Å². The van der Waals surface area contributed by atoms with Gasteiger partial charge in [0.15, 0.2) is 0 Å². The highest BCUT2D eigenvalue weighted by molar-refractivity contribution is 5.88. The minimum absolute atomic E-state index is 0.737. The molecule has 0 saturated heterocycles. The predicted molar refractivity (Wildman–Crippen MR) is 95.9 cm³/mol. The summed E-state index contributed by atoms with van der Waals surface area (Å²) in [6.45, 7) is 9.79. The van der Waals surface area contributed by atoms with E-state index in [-0.39, 0.29) is 0 Å². The Morgan fingerprint density at radius 1 is 1.13 bits per heavy atom. The van der Waals surface area contributed by atoms with Gasteiger partial charge in [-0.2, -0.15) is 0 Å². The second kappa shape index (κ2) is 8.58. The van der Waals surface area contributed by atoms with E-state index in [1.54, 1.807) is 19.5 Å². The fourth-order valence-electron chi connectivity index (χ4n) is 2.59. The SMILES string of the molecule is CCN(CC)CCCC(C)=Nc1cc2nccnc2cc1OC. The molecule has 0 aliphatic carbocycles. The normalized spacial score (nSPS) is 12.1. The van der Waals surface area contributed by atoms with Gasteiger partial charge in [-0.15, -0.1) is 0 Å². The van der Waals surface area contributed by atoms with Crippen LogP contribution >= 0.6 is 0 Å². The van der Waals surface area contributed by atoms with Crippen molar-refractivity contribution in [2.24, 2.45) is 4.99 Å². The second-order valence-corrected chi connectivity index (χ2v) is 5.55. The first kappa shape index (κ1) is 17.3. The maximum absolute atomic E-state index is 5.45. The molecule has 5 heteroatoms. The van der Waals surface area contributed by atoms with Crippen LogP contribution in [0.4, 0.5) is 5.69 Å². The van der Waals surface area contributed by atoms with Crippen LogP contribution in [0.1, 0.15) is 33.6 Å². The van der Waals surface area contributed by atoms with Crippen LogP contribution in [0, 0.1) is 0 Å². The molecule has 0 fully saturated rings. The minimum Gasteiger partial charge on any atom is -0.494 e. The maximum Gasteiger partial charge on any atom is 0.146 e. The van der Waals surface area contributed by atoms with Gasteiger partial charge in [-0.3, -0.25) is 15.0 Å². The van der Waals surface area contributed by atoms with Crippen LogP contribution < -0.4 is 4.74 Å².